The fraction of sp³-hybridized carbons (Fsp3) is 0.286. The number of esters is 2. The lowest BCUT2D eigenvalue weighted by atomic mass is 9.77. The van der Waals surface area contributed by atoms with Crippen LogP contribution in [0.15, 0.2) is 48.6 Å². The summed E-state index contributed by atoms with van der Waals surface area (Å²) in [5, 5.41) is 45.6. The fourth-order valence-corrected chi connectivity index (χ4v) is 3.12. The van der Waals surface area contributed by atoms with Crippen molar-refractivity contribution >= 4 is 41.4 Å². The largest absolute Gasteiger partial charge is 0.479 e. The van der Waals surface area contributed by atoms with Gasteiger partial charge >= 0.3 is 29.8 Å². The topological polar surface area (TPSA) is 234 Å². The lowest BCUT2D eigenvalue weighted by Crippen LogP contribution is -2.57. The number of aromatic carboxylic acids is 1. The van der Waals surface area contributed by atoms with E-state index in [1.165, 1.54) is 19.1 Å². The lowest BCUT2D eigenvalue weighted by molar-refractivity contribution is -0.192. The fourth-order valence-electron chi connectivity index (χ4n) is 3.12. The van der Waals surface area contributed by atoms with Gasteiger partial charge in [-0.2, -0.15) is 0 Å². The van der Waals surface area contributed by atoms with Crippen molar-refractivity contribution in [2.75, 3.05) is 5.32 Å². The molecule has 0 radical (unpaired) electrons. The molecule has 226 valence electrons. The van der Waals surface area contributed by atoms with Gasteiger partial charge in [0.1, 0.15) is 0 Å². The number of rotatable bonds is 7. The number of nitrogens with one attached hydrogen (secondary N) is 1. The van der Waals surface area contributed by atoms with Crippen LogP contribution in [-0.2, 0) is 24.0 Å². The number of carboxylic acid groups (broad SMARTS) is 3. The van der Waals surface area contributed by atoms with E-state index in [0.29, 0.717) is 12.1 Å². The summed E-state index contributed by atoms with van der Waals surface area (Å²) >= 11 is 0. The monoisotopic (exact) mass is 589 g/mol. The summed E-state index contributed by atoms with van der Waals surface area (Å²) in [5.74, 6) is -5.44. The zero-order valence-corrected chi connectivity index (χ0v) is 23.1. The minimum atomic E-state index is -1.85. The molecule has 2 atom stereocenters. The maximum Gasteiger partial charge on any atom is 0.338 e. The second-order valence-electron chi connectivity index (χ2n) is 8.85. The first kappa shape index (κ1) is 34.9. The lowest BCUT2D eigenvalue weighted by Gasteiger charge is -2.37. The number of carbonyl (C=O) groups excluding carboxylic acids is 3. The molecule has 14 nitrogen and oxygen atoms in total. The third-order valence-electron chi connectivity index (χ3n) is 5.66. The Morgan fingerprint density at radius 2 is 1.50 bits per heavy atom. The Labute approximate surface area is 239 Å². The predicted molar refractivity (Wildman–Crippen MR) is 145 cm³/mol. The van der Waals surface area contributed by atoms with Gasteiger partial charge < -0.3 is 40.3 Å². The number of aliphatic hydroxyl groups excluding tert-OH is 1. The van der Waals surface area contributed by atoms with Crippen LogP contribution in [0.3, 0.4) is 0 Å². The second-order valence-corrected chi connectivity index (χ2v) is 8.85. The predicted octanol–water partition coefficient (Wildman–Crippen LogP) is 2.07. The van der Waals surface area contributed by atoms with Crippen molar-refractivity contribution in [3.05, 3.63) is 65.2 Å². The van der Waals surface area contributed by atoms with Gasteiger partial charge in [-0.15, -0.1) is 0 Å². The van der Waals surface area contributed by atoms with Gasteiger partial charge in [0.25, 0.3) is 0 Å². The first-order chi connectivity index (χ1) is 19.5. The van der Waals surface area contributed by atoms with Gasteiger partial charge in [0.2, 0.25) is 5.91 Å². The minimum Gasteiger partial charge on any atom is -0.479 e. The molecule has 14 heteroatoms. The van der Waals surface area contributed by atoms with Crippen molar-refractivity contribution in [2.45, 2.75) is 52.2 Å². The molecule has 2 unspecified atom stereocenters. The molecule has 0 spiro atoms. The van der Waals surface area contributed by atoms with Crippen molar-refractivity contribution in [2.24, 2.45) is 0 Å². The van der Waals surface area contributed by atoms with E-state index >= 15 is 0 Å². The van der Waals surface area contributed by atoms with Gasteiger partial charge in [-0.3, -0.25) is 14.4 Å². The zero-order chi connectivity index (χ0) is 32.2. The highest BCUT2D eigenvalue weighted by molar-refractivity contribution is 6.02. The molecule has 6 N–H and O–H groups in total. The van der Waals surface area contributed by atoms with Gasteiger partial charge in [0, 0.05) is 31.7 Å². The average molecular weight is 590 g/mol. The Morgan fingerprint density at radius 1 is 0.905 bits per heavy atom. The molecule has 0 aliphatic heterocycles. The number of benzene rings is 2. The van der Waals surface area contributed by atoms with Crippen LogP contribution < -0.4 is 14.8 Å². The highest BCUT2D eigenvalue weighted by atomic mass is 16.6. The Hall–Kier alpha value is -5.08. The van der Waals surface area contributed by atoms with Crippen LogP contribution in [0.25, 0.3) is 0 Å². The van der Waals surface area contributed by atoms with E-state index in [-0.39, 0.29) is 23.5 Å². The Bertz CT molecular complexity index is 1380. The molecule has 42 heavy (non-hydrogen) atoms. The molecule has 3 rings (SSSR count). The number of aliphatic hydroxyl groups is 2. The number of amides is 1. The Kier molecular flexibility index (Phi) is 13.0. The van der Waals surface area contributed by atoms with Crippen molar-refractivity contribution in [1.82, 2.24) is 0 Å². The van der Waals surface area contributed by atoms with E-state index in [0.717, 1.165) is 36.3 Å². The van der Waals surface area contributed by atoms with Gasteiger partial charge in [-0.25, -0.2) is 14.4 Å². The number of carbonyl (C=O) groups is 6. The summed E-state index contributed by atoms with van der Waals surface area (Å²) in [5.41, 5.74) is 0.816. The quantitative estimate of drug-likeness (QED) is 0.154. The van der Waals surface area contributed by atoms with E-state index in [2.05, 4.69) is 5.32 Å². The van der Waals surface area contributed by atoms with E-state index in [1.54, 1.807) is 6.07 Å². The van der Waals surface area contributed by atoms with Crippen LogP contribution in [0.2, 0.25) is 0 Å². The standard InChI is InChI=1S/C12H13NO3.C11H10O6.C5H8O4/c1-8-4-3-5-10(9(8)2)13-11(14)6-7-12(15)16;1-6(12)16-9-4-3-8(11(14)15)5-10(9)17-7(2)13;6-3-1-2-5(3,9)4(7)8/h3-7H,1-2H3,(H,13,14)(H,15,16);3-5H,1-2H3,(H,14,15);3,6,9H,1-2H2,(H,7,8)/b7-6-;;. The molecular weight excluding hydrogens is 558 g/mol. The van der Waals surface area contributed by atoms with Crippen LogP contribution in [0.1, 0.15) is 48.2 Å². The van der Waals surface area contributed by atoms with E-state index in [4.69, 9.17) is 35.0 Å². The van der Waals surface area contributed by atoms with Crippen molar-refractivity contribution in [1.29, 1.82) is 0 Å². The van der Waals surface area contributed by atoms with E-state index in [9.17, 15) is 28.8 Å². The van der Waals surface area contributed by atoms with Crippen LogP contribution in [0.5, 0.6) is 11.5 Å². The smallest absolute Gasteiger partial charge is 0.338 e. The summed E-state index contributed by atoms with van der Waals surface area (Å²) in [4.78, 5) is 64.0. The first-order valence-electron chi connectivity index (χ1n) is 12.1. The third-order valence-corrected chi connectivity index (χ3v) is 5.66. The van der Waals surface area contributed by atoms with E-state index < -0.39 is 47.5 Å². The SMILES string of the molecule is CC(=O)Oc1ccc(C(=O)O)cc1OC(C)=O.Cc1cccc(NC(=O)/C=C\C(=O)O)c1C.O=C(O)C1(O)CCC1O. The minimum absolute atomic E-state index is 0.00213. The molecule has 2 aromatic rings. The highest BCUT2D eigenvalue weighted by Crippen LogP contribution is 2.32. The van der Waals surface area contributed by atoms with Crippen molar-refractivity contribution < 1.29 is 63.8 Å². The molecular formula is C28H31NO13. The maximum atomic E-state index is 11.3. The van der Waals surface area contributed by atoms with Crippen LogP contribution >= 0.6 is 0 Å². The number of aliphatic carboxylic acids is 2. The average Bonchev–Trinajstić information content (AvgIpc) is 2.89. The van der Waals surface area contributed by atoms with Gasteiger partial charge in [0.15, 0.2) is 17.1 Å². The van der Waals surface area contributed by atoms with Gasteiger partial charge in [0.05, 0.1) is 11.7 Å². The molecule has 0 heterocycles. The van der Waals surface area contributed by atoms with Gasteiger partial charge in [-0.1, -0.05) is 12.1 Å². The van der Waals surface area contributed by atoms with Crippen molar-refractivity contribution in [3.8, 4) is 11.5 Å². The summed E-state index contributed by atoms with van der Waals surface area (Å²) in [6, 6.07) is 9.16. The molecule has 0 aromatic heterocycles. The number of ether oxygens (including phenoxy) is 2. The van der Waals surface area contributed by atoms with Crippen molar-refractivity contribution in [3.63, 3.8) is 0 Å². The molecule has 0 saturated heterocycles. The zero-order valence-electron chi connectivity index (χ0n) is 23.1. The molecule has 0 bridgehead atoms. The molecule has 1 fully saturated rings. The number of anilines is 1. The summed E-state index contributed by atoms with van der Waals surface area (Å²) in [7, 11) is 0. The maximum absolute atomic E-state index is 11.3. The van der Waals surface area contributed by atoms with E-state index in [1.807, 2.05) is 26.0 Å². The van der Waals surface area contributed by atoms with Crippen LogP contribution in [0.4, 0.5) is 5.69 Å². The molecule has 1 saturated carbocycles. The molecule has 1 aliphatic rings. The molecule has 2 aromatic carbocycles. The Balaban J connectivity index is 0.000000329. The van der Waals surface area contributed by atoms with Gasteiger partial charge in [-0.05, 0) is 62.1 Å². The summed E-state index contributed by atoms with van der Waals surface area (Å²) in [6.45, 7) is 6.18. The number of aryl methyl sites for hydroxylation is 1. The normalized spacial score (nSPS) is 16.8. The Morgan fingerprint density at radius 3 is 1.93 bits per heavy atom. The first-order valence-corrected chi connectivity index (χ1v) is 12.1. The number of hydrogen-bond donors (Lipinski definition) is 6. The van der Waals surface area contributed by atoms with Crippen LogP contribution in [0, 0.1) is 13.8 Å². The highest BCUT2D eigenvalue weighted by Gasteiger charge is 2.51. The number of hydrogen-bond acceptors (Lipinski definition) is 10. The summed E-state index contributed by atoms with van der Waals surface area (Å²) in [6.07, 6.45) is 1.26. The second kappa shape index (κ2) is 15.6. The summed E-state index contributed by atoms with van der Waals surface area (Å²) < 4.78 is 9.53. The van der Waals surface area contributed by atoms with Crippen LogP contribution in [-0.4, -0.2) is 73.0 Å². The third kappa shape index (κ3) is 10.8. The number of carboxylic acids is 3. The molecule has 1 aliphatic carbocycles. The molecule has 1 amide bonds.